The van der Waals surface area contributed by atoms with E-state index in [1.165, 1.54) is 0 Å². The Labute approximate surface area is 192 Å². The Morgan fingerprint density at radius 2 is 1.85 bits per heavy atom. The van der Waals surface area contributed by atoms with Crippen LogP contribution in [0.25, 0.3) is 11.0 Å². The van der Waals surface area contributed by atoms with Crippen LogP contribution in [0.15, 0.2) is 78.0 Å². The Morgan fingerprint density at radius 3 is 2.64 bits per heavy atom. The molecule has 3 aromatic carbocycles. The minimum atomic E-state index is -0.366. The summed E-state index contributed by atoms with van der Waals surface area (Å²) in [7, 11) is 1.65. The van der Waals surface area contributed by atoms with Gasteiger partial charge in [-0.25, -0.2) is 4.98 Å². The van der Waals surface area contributed by atoms with E-state index in [1.807, 2.05) is 81.4 Å². The standard InChI is InChI=1S/C27H26N4O2/c1-16-12-13-21(17(2)14-16)29-26(32)24-18(3)28-27-30-22-10-5-6-11-23(22)31(27)25(24)19-8-7-9-20(15-19)33-4/h5-15,25H,1-4H3,(H,28,30)(H,29,32)/t25-/m1/s1. The topological polar surface area (TPSA) is 68.2 Å². The number of hydrogen-bond acceptors (Lipinski definition) is 4. The van der Waals surface area contributed by atoms with Crippen molar-refractivity contribution in [3.05, 3.63) is 94.7 Å². The Kier molecular flexibility index (Phi) is 5.13. The number of amides is 1. The highest BCUT2D eigenvalue weighted by molar-refractivity contribution is 6.06. The van der Waals surface area contributed by atoms with Gasteiger partial charge < -0.3 is 15.4 Å². The van der Waals surface area contributed by atoms with Crippen molar-refractivity contribution in [2.75, 3.05) is 17.7 Å². The lowest BCUT2D eigenvalue weighted by Gasteiger charge is -2.31. The van der Waals surface area contributed by atoms with Crippen LogP contribution in [0.5, 0.6) is 5.75 Å². The maximum absolute atomic E-state index is 13.7. The van der Waals surface area contributed by atoms with E-state index in [0.29, 0.717) is 11.5 Å². The first kappa shape index (κ1) is 20.8. The highest BCUT2D eigenvalue weighted by Gasteiger charge is 2.34. The van der Waals surface area contributed by atoms with Crippen LogP contribution in [-0.2, 0) is 4.79 Å². The van der Waals surface area contributed by atoms with Crippen LogP contribution in [0.4, 0.5) is 11.6 Å². The lowest BCUT2D eigenvalue weighted by atomic mass is 9.94. The van der Waals surface area contributed by atoms with Crippen LogP contribution < -0.4 is 15.4 Å². The van der Waals surface area contributed by atoms with Crippen molar-refractivity contribution >= 4 is 28.6 Å². The molecule has 1 atom stereocenters. The molecule has 0 aliphatic carbocycles. The fraction of sp³-hybridized carbons (Fsp3) is 0.185. The fourth-order valence-electron chi connectivity index (χ4n) is 4.53. The van der Waals surface area contributed by atoms with Crippen molar-refractivity contribution in [3.63, 3.8) is 0 Å². The highest BCUT2D eigenvalue weighted by Crippen LogP contribution is 2.40. The van der Waals surface area contributed by atoms with Crippen molar-refractivity contribution < 1.29 is 9.53 Å². The van der Waals surface area contributed by atoms with Gasteiger partial charge in [0.2, 0.25) is 5.95 Å². The molecule has 0 saturated carbocycles. The Bertz CT molecular complexity index is 1420. The molecule has 0 spiro atoms. The van der Waals surface area contributed by atoms with Crippen LogP contribution in [-0.4, -0.2) is 22.6 Å². The van der Waals surface area contributed by atoms with Crippen LogP contribution in [0.2, 0.25) is 0 Å². The third kappa shape index (κ3) is 3.63. The van der Waals surface area contributed by atoms with Gasteiger partial charge >= 0.3 is 0 Å². The van der Waals surface area contributed by atoms with Gasteiger partial charge in [-0.3, -0.25) is 9.36 Å². The van der Waals surface area contributed by atoms with Gasteiger partial charge in [-0.05, 0) is 62.2 Å². The molecule has 6 nitrogen and oxygen atoms in total. The largest absolute Gasteiger partial charge is 0.497 e. The SMILES string of the molecule is COc1cccc([C@@H]2C(C(=O)Nc3ccc(C)cc3C)=C(C)Nc3nc4ccccc4n32)c1. The summed E-state index contributed by atoms with van der Waals surface area (Å²) < 4.78 is 7.58. The van der Waals surface area contributed by atoms with Crippen molar-refractivity contribution in [2.24, 2.45) is 0 Å². The molecule has 0 fully saturated rings. The van der Waals surface area contributed by atoms with E-state index < -0.39 is 0 Å². The summed E-state index contributed by atoms with van der Waals surface area (Å²) in [6, 6.07) is 21.5. The number of imidazole rings is 1. The zero-order valence-electron chi connectivity index (χ0n) is 19.1. The van der Waals surface area contributed by atoms with Gasteiger partial charge in [0, 0.05) is 11.4 Å². The fourth-order valence-corrected chi connectivity index (χ4v) is 4.53. The first-order chi connectivity index (χ1) is 16.0. The van der Waals surface area contributed by atoms with E-state index in [4.69, 9.17) is 9.72 Å². The zero-order chi connectivity index (χ0) is 23.1. The molecule has 166 valence electrons. The molecule has 0 bridgehead atoms. The smallest absolute Gasteiger partial charge is 0.255 e. The number of carbonyl (C=O) groups excluding carboxylic acids is 1. The van der Waals surface area contributed by atoms with Gasteiger partial charge in [-0.15, -0.1) is 0 Å². The molecule has 1 aromatic heterocycles. The number of aryl methyl sites for hydroxylation is 2. The summed E-state index contributed by atoms with van der Waals surface area (Å²) in [6.45, 7) is 5.97. The number of ether oxygens (including phenoxy) is 1. The zero-order valence-corrected chi connectivity index (χ0v) is 19.1. The normalized spacial score (nSPS) is 15.2. The Hall–Kier alpha value is -4.06. The lowest BCUT2D eigenvalue weighted by Crippen LogP contribution is -2.31. The molecule has 1 aliphatic heterocycles. The summed E-state index contributed by atoms with van der Waals surface area (Å²) >= 11 is 0. The molecule has 6 heteroatoms. The van der Waals surface area contributed by atoms with Gasteiger partial charge in [0.15, 0.2) is 0 Å². The molecule has 1 amide bonds. The van der Waals surface area contributed by atoms with Gasteiger partial charge in [0.25, 0.3) is 5.91 Å². The summed E-state index contributed by atoms with van der Waals surface area (Å²) in [6.07, 6.45) is 0. The number of methoxy groups -OCH3 is 1. The number of para-hydroxylation sites is 2. The lowest BCUT2D eigenvalue weighted by molar-refractivity contribution is -0.113. The maximum Gasteiger partial charge on any atom is 0.255 e. The van der Waals surface area contributed by atoms with Crippen molar-refractivity contribution in [2.45, 2.75) is 26.8 Å². The average molecular weight is 439 g/mol. The van der Waals surface area contributed by atoms with E-state index >= 15 is 0 Å². The highest BCUT2D eigenvalue weighted by atomic mass is 16.5. The number of allylic oxidation sites excluding steroid dienone is 1. The van der Waals surface area contributed by atoms with E-state index in [2.05, 4.69) is 21.3 Å². The van der Waals surface area contributed by atoms with Crippen LogP contribution in [0, 0.1) is 13.8 Å². The minimum absolute atomic E-state index is 0.150. The third-order valence-corrected chi connectivity index (χ3v) is 6.12. The number of hydrogen-bond donors (Lipinski definition) is 2. The second kappa shape index (κ2) is 8.13. The van der Waals surface area contributed by atoms with Crippen LogP contribution >= 0.6 is 0 Å². The molecule has 0 radical (unpaired) electrons. The predicted octanol–water partition coefficient (Wildman–Crippen LogP) is 5.59. The monoisotopic (exact) mass is 438 g/mol. The molecular weight excluding hydrogens is 412 g/mol. The number of anilines is 2. The van der Waals surface area contributed by atoms with Crippen molar-refractivity contribution in [1.29, 1.82) is 0 Å². The molecule has 0 unspecified atom stereocenters. The molecule has 33 heavy (non-hydrogen) atoms. The van der Waals surface area contributed by atoms with Crippen LogP contribution in [0.3, 0.4) is 0 Å². The number of aromatic nitrogens is 2. The molecule has 5 rings (SSSR count). The number of nitrogens with one attached hydrogen (secondary N) is 2. The maximum atomic E-state index is 13.7. The summed E-state index contributed by atoms with van der Waals surface area (Å²) in [4.78, 5) is 18.5. The first-order valence-corrected chi connectivity index (χ1v) is 10.9. The summed E-state index contributed by atoms with van der Waals surface area (Å²) in [5.41, 5.74) is 7.17. The van der Waals surface area contributed by atoms with E-state index in [1.54, 1.807) is 7.11 Å². The predicted molar refractivity (Wildman–Crippen MR) is 132 cm³/mol. The van der Waals surface area contributed by atoms with Gasteiger partial charge in [0.05, 0.1) is 29.8 Å². The molecule has 2 heterocycles. The van der Waals surface area contributed by atoms with Gasteiger partial charge in [-0.2, -0.15) is 0 Å². The molecule has 4 aromatic rings. The third-order valence-electron chi connectivity index (χ3n) is 6.12. The van der Waals surface area contributed by atoms with E-state index in [-0.39, 0.29) is 11.9 Å². The van der Waals surface area contributed by atoms with Gasteiger partial charge in [0.1, 0.15) is 5.75 Å². The minimum Gasteiger partial charge on any atom is -0.497 e. The van der Waals surface area contributed by atoms with Gasteiger partial charge in [-0.1, -0.05) is 42.0 Å². The number of rotatable bonds is 4. The van der Waals surface area contributed by atoms with Crippen molar-refractivity contribution in [3.8, 4) is 5.75 Å². The van der Waals surface area contributed by atoms with Crippen LogP contribution in [0.1, 0.15) is 29.7 Å². The summed E-state index contributed by atoms with van der Waals surface area (Å²) in [5, 5.41) is 6.49. The number of nitrogens with zero attached hydrogens (tertiary/aromatic N) is 2. The van der Waals surface area contributed by atoms with E-state index in [9.17, 15) is 4.79 Å². The van der Waals surface area contributed by atoms with E-state index in [0.717, 1.165) is 44.9 Å². The van der Waals surface area contributed by atoms with Crippen molar-refractivity contribution in [1.82, 2.24) is 9.55 Å². The average Bonchev–Trinajstić information content (AvgIpc) is 3.17. The number of fused-ring (bicyclic) bond motifs is 3. The second-order valence-corrected chi connectivity index (χ2v) is 8.41. The Balaban J connectivity index is 1.67. The quantitative estimate of drug-likeness (QED) is 0.436. The number of benzene rings is 3. The second-order valence-electron chi connectivity index (χ2n) is 8.41. The Morgan fingerprint density at radius 1 is 1.03 bits per heavy atom. The summed E-state index contributed by atoms with van der Waals surface area (Å²) in [5.74, 6) is 1.30. The molecule has 1 aliphatic rings. The molecule has 2 N–H and O–H groups in total. The molecule has 0 saturated heterocycles. The number of carbonyl (C=O) groups is 1. The molecular formula is C27H26N4O2. The first-order valence-electron chi connectivity index (χ1n) is 10.9.